The van der Waals surface area contributed by atoms with E-state index in [9.17, 15) is 0 Å². The zero-order valence-corrected chi connectivity index (χ0v) is 13.2. The number of benzene rings is 1. The van der Waals surface area contributed by atoms with Crippen molar-refractivity contribution in [2.45, 2.75) is 51.5 Å². The number of rotatable bonds is 4. The maximum Gasteiger partial charge on any atom is 0.0997 e. The van der Waals surface area contributed by atoms with Crippen LogP contribution in [0.3, 0.4) is 0 Å². The van der Waals surface area contributed by atoms with E-state index in [1.54, 1.807) is 0 Å². The van der Waals surface area contributed by atoms with E-state index >= 15 is 0 Å². The lowest BCUT2D eigenvalue weighted by molar-refractivity contribution is 0.646. The fraction of sp³-hybridized carbons (Fsp3) is 0.471. The average molecular weight is 304 g/mol. The number of hydrogen-bond donors (Lipinski definition) is 1. The van der Waals surface area contributed by atoms with Crippen LogP contribution in [0.15, 0.2) is 24.5 Å². The van der Waals surface area contributed by atoms with Gasteiger partial charge in [-0.1, -0.05) is 24.6 Å². The monoisotopic (exact) mass is 303 g/mol. The van der Waals surface area contributed by atoms with Crippen molar-refractivity contribution in [1.29, 1.82) is 0 Å². The van der Waals surface area contributed by atoms with Crippen LogP contribution < -0.4 is 5.73 Å². The number of fused-ring (bicyclic) bond motifs is 1. The van der Waals surface area contributed by atoms with E-state index in [2.05, 4.69) is 28.6 Å². The van der Waals surface area contributed by atoms with Crippen LogP contribution in [0.2, 0.25) is 5.02 Å². The topological polar surface area (TPSA) is 43.8 Å². The van der Waals surface area contributed by atoms with Crippen LogP contribution in [0.4, 0.5) is 0 Å². The molecule has 3 rings (SSSR count). The summed E-state index contributed by atoms with van der Waals surface area (Å²) in [5.41, 5.74) is 10.8. The van der Waals surface area contributed by atoms with Crippen molar-refractivity contribution in [3.8, 4) is 5.69 Å². The quantitative estimate of drug-likeness (QED) is 0.936. The van der Waals surface area contributed by atoms with E-state index in [0.717, 1.165) is 42.0 Å². The lowest BCUT2D eigenvalue weighted by Gasteiger charge is -2.15. The summed E-state index contributed by atoms with van der Waals surface area (Å²) in [6, 6.07) is 6.44. The molecule has 0 amide bonds. The third kappa shape index (κ3) is 2.99. The molecule has 4 heteroatoms. The Morgan fingerprint density at radius 2 is 2.14 bits per heavy atom. The van der Waals surface area contributed by atoms with Gasteiger partial charge >= 0.3 is 0 Å². The van der Waals surface area contributed by atoms with Crippen molar-refractivity contribution in [3.05, 3.63) is 46.5 Å². The summed E-state index contributed by atoms with van der Waals surface area (Å²) in [7, 11) is 0. The first kappa shape index (κ1) is 14.6. The van der Waals surface area contributed by atoms with Gasteiger partial charge in [0.15, 0.2) is 0 Å². The first-order valence-corrected chi connectivity index (χ1v) is 8.16. The van der Waals surface area contributed by atoms with Crippen LogP contribution in [0, 0.1) is 0 Å². The third-order valence-corrected chi connectivity index (χ3v) is 4.70. The van der Waals surface area contributed by atoms with Gasteiger partial charge in [0.25, 0.3) is 0 Å². The van der Waals surface area contributed by atoms with Gasteiger partial charge in [-0.15, -0.1) is 0 Å². The van der Waals surface area contributed by atoms with Crippen molar-refractivity contribution in [3.63, 3.8) is 0 Å². The molecule has 3 nitrogen and oxygen atoms in total. The molecule has 1 aromatic heterocycles. The second-order valence-electron chi connectivity index (χ2n) is 5.86. The zero-order valence-electron chi connectivity index (χ0n) is 12.5. The largest absolute Gasteiger partial charge is 0.327 e. The summed E-state index contributed by atoms with van der Waals surface area (Å²) in [6.45, 7) is 2.10. The third-order valence-electron chi connectivity index (χ3n) is 4.35. The molecule has 1 aliphatic carbocycles. The number of halogens is 1. The molecule has 0 saturated heterocycles. The van der Waals surface area contributed by atoms with Gasteiger partial charge < -0.3 is 10.3 Å². The highest BCUT2D eigenvalue weighted by Gasteiger charge is 2.16. The maximum atomic E-state index is 6.44. The van der Waals surface area contributed by atoms with Crippen LogP contribution in [-0.2, 0) is 19.3 Å². The Morgan fingerprint density at radius 3 is 2.90 bits per heavy atom. The number of imidazole rings is 1. The molecule has 0 bridgehead atoms. The summed E-state index contributed by atoms with van der Waals surface area (Å²) in [5.74, 6) is 0. The fourth-order valence-electron chi connectivity index (χ4n) is 2.97. The maximum absolute atomic E-state index is 6.44. The molecular formula is C17H22ClN3. The van der Waals surface area contributed by atoms with Crippen molar-refractivity contribution >= 4 is 11.6 Å². The summed E-state index contributed by atoms with van der Waals surface area (Å²) in [5, 5.41) is 0.801. The minimum Gasteiger partial charge on any atom is -0.327 e. The summed E-state index contributed by atoms with van der Waals surface area (Å²) >= 11 is 6.44. The van der Waals surface area contributed by atoms with Crippen molar-refractivity contribution < 1.29 is 0 Å². The summed E-state index contributed by atoms with van der Waals surface area (Å²) in [6.07, 6.45) is 8.42. The molecule has 2 N–H and O–H groups in total. The van der Waals surface area contributed by atoms with E-state index in [4.69, 9.17) is 17.3 Å². The molecule has 0 radical (unpaired) electrons. The minimum absolute atomic E-state index is 0.175. The molecule has 0 saturated carbocycles. The van der Waals surface area contributed by atoms with Crippen molar-refractivity contribution in [2.24, 2.45) is 5.73 Å². The second-order valence-corrected chi connectivity index (χ2v) is 6.27. The number of aryl methyl sites for hydroxylation is 1. The van der Waals surface area contributed by atoms with Gasteiger partial charge in [-0.2, -0.15) is 0 Å². The van der Waals surface area contributed by atoms with Gasteiger partial charge in [-0.25, -0.2) is 4.98 Å². The molecule has 0 aliphatic heterocycles. The summed E-state index contributed by atoms with van der Waals surface area (Å²) in [4.78, 5) is 4.55. The average Bonchev–Trinajstić information content (AvgIpc) is 2.93. The van der Waals surface area contributed by atoms with E-state index in [0.29, 0.717) is 0 Å². The smallest absolute Gasteiger partial charge is 0.0997 e. The predicted octanol–water partition coefficient (Wildman–Crippen LogP) is 3.68. The van der Waals surface area contributed by atoms with E-state index in [-0.39, 0.29) is 6.04 Å². The first-order valence-electron chi connectivity index (χ1n) is 7.78. The summed E-state index contributed by atoms with van der Waals surface area (Å²) < 4.78 is 2.18. The highest BCUT2D eigenvalue weighted by Crippen LogP contribution is 2.26. The second kappa shape index (κ2) is 6.20. The SMILES string of the molecule is CCC(N)Cc1ccc(-n2cnc3c2CCCC3)cc1Cl. The number of hydrogen-bond acceptors (Lipinski definition) is 2. The number of nitrogens with two attached hydrogens (primary N) is 1. The molecule has 1 aromatic carbocycles. The molecule has 112 valence electrons. The predicted molar refractivity (Wildman–Crippen MR) is 87.2 cm³/mol. The van der Waals surface area contributed by atoms with Crippen LogP contribution in [0.1, 0.15) is 43.1 Å². The molecule has 1 heterocycles. The molecular weight excluding hydrogens is 282 g/mol. The molecule has 0 fully saturated rings. The van der Waals surface area contributed by atoms with E-state index in [1.165, 1.54) is 24.2 Å². The lowest BCUT2D eigenvalue weighted by Crippen LogP contribution is -2.21. The molecule has 1 aliphatic rings. The van der Waals surface area contributed by atoms with Crippen molar-refractivity contribution in [2.75, 3.05) is 0 Å². The number of aromatic nitrogens is 2. The van der Waals surface area contributed by atoms with Crippen molar-refractivity contribution in [1.82, 2.24) is 9.55 Å². The Hall–Kier alpha value is -1.32. The van der Waals surface area contributed by atoms with Gasteiger partial charge in [0.1, 0.15) is 0 Å². The zero-order chi connectivity index (χ0) is 14.8. The molecule has 1 atom stereocenters. The Balaban J connectivity index is 1.90. The van der Waals surface area contributed by atoms with Gasteiger partial charge in [0, 0.05) is 22.4 Å². The Kier molecular flexibility index (Phi) is 4.32. The van der Waals surface area contributed by atoms with Gasteiger partial charge in [0.05, 0.1) is 12.0 Å². The van der Waals surface area contributed by atoms with Crippen LogP contribution in [-0.4, -0.2) is 15.6 Å². The Labute approximate surface area is 131 Å². The molecule has 21 heavy (non-hydrogen) atoms. The van der Waals surface area contributed by atoms with E-state index < -0.39 is 0 Å². The minimum atomic E-state index is 0.175. The van der Waals surface area contributed by atoms with E-state index in [1.807, 2.05) is 12.4 Å². The molecule has 1 unspecified atom stereocenters. The highest BCUT2D eigenvalue weighted by molar-refractivity contribution is 6.31. The Morgan fingerprint density at radius 1 is 1.33 bits per heavy atom. The van der Waals surface area contributed by atoms with Gasteiger partial charge in [-0.3, -0.25) is 0 Å². The highest BCUT2D eigenvalue weighted by atomic mass is 35.5. The van der Waals surface area contributed by atoms with Crippen LogP contribution in [0.25, 0.3) is 5.69 Å². The first-order chi connectivity index (χ1) is 10.2. The van der Waals surface area contributed by atoms with Gasteiger partial charge in [-0.05, 0) is 56.2 Å². The van der Waals surface area contributed by atoms with Crippen LogP contribution >= 0.6 is 11.6 Å². The molecule has 2 aromatic rings. The Bertz CT molecular complexity index is 633. The lowest BCUT2D eigenvalue weighted by atomic mass is 10.0. The number of nitrogens with zero attached hydrogens (tertiary/aromatic N) is 2. The fourth-order valence-corrected chi connectivity index (χ4v) is 3.22. The normalized spacial score (nSPS) is 15.8. The standard InChI is InChI=1S/C17H22ClN3/c1-2-13(19)9-12-7-8-14(10-15(12)18)21-11-20-16-5-3-4-6-17(16)21/h7-8,10-11,13H,2-6,9,19H2,1H3. The van der Waals surface area contributed by atoms with Crippen LogP contribution in [0.5, 0.6) is 0 Å². The van der Waals surface area contributed by atoms with Gasteiger partial charge in [0.2, 0.25) is 0 Å². The molecule has 0 spiro atoms.